The molecule has 1 heterocycles. The number of hydrogen-bond donors (Lipinski definition) is 2. The van der Waals surface area contributed by atoms with Gasteiger partial charge in [0.1, 0.15) is 5.82 Å². The predicted octanol–water partition coefficient (Wildman–Crippen LogP) is 3.44. The first-order valence-corrected chi connectivity index (χ1v) is 12.5. The van der Waals surface area contributed by atoms with Gasteiger partial charge in [0, 0.05) is 24.8 Å². The van der Waals surface area contributed by atoms with Gasteiger partial charge in [-0.05, 0) is 75.4 Å². The molecule has 3 rings (SSSR count). The van der Waals surface area contributed by atoms with Crippen LogP contribution >= 0.6 is 0 Å². The lowest BCUT2D eigenvalue weighted by Crippen LogP contribution is -2.46. The van der Waals surface area contributed by atoms with Crippen LogP contribution in [0.1, 0.15) is 42.4 Å². The standard InChI is InChI=1S/C24H30FN3O4S/c1-16-14-17(2)22(18(3)15-16)33(31,32)28-13-5-4-6-21(28)11-12-26-23(29)24(30)27-20-9-7-19(25)8-10-20/h7-10,14-15,21H,4-6,11-13H2,1-3H3,(H,26,29)(H,27,30). The van der Waals surface area contributed by atoms with Crippen LogP contribution in [0.4, 0.5) is 10.1 Å². The van der Waals surface area contributed by atoms with E-state index in [1.165, 1.54) is 24.3 Å². The lowest BCUT2D eigenvalue weighted by Gasteiger charge is -2.35. The molecule has 7 nitrogen and oxygen atoms in total. The van der Waals surface area contributed by atoms with Crippen molar-refractivity contribution in [2.24, 2.45) is 0 Å². The van der Waals surface area contributed by atoms with Crippen LogP contribution < -0.4 is 10.6 Å². The van der Waals surface area contributed by atoms with Gasteiger partial charge < -0.3 is 10.6 Å². The average molecular weight is 476 g/mol. The van der Waals surface area contributed by atoms with Gasteiger partial charge in [0.25, 0.3) is 0 Å². The van der Waals surface area contributed by atoms with Crippen molar-refractivity contribution in [1.29, 1.82) is 0 Å². The molecule has 0 aromatic heterocycles. The maximum Gasteiger partial charge on any atom is 0.313 e. The summed E-state index contributed by atoms with van der Waals surface area (Å²) in [4.78, 5) is 24.6. The van der Waals surface area contributed by atoms with Gasteiger partial charge in [-0.15, -0.1) is 0 Å². The van der Waals surface area contributed by atoms with Crippen LogP contribution in [0.15, 0.2) is 41.3 Å². The lowest BCUT2D eigenvalue weighted by molar-refractivity contribution is -0.136. The number of carbonyl (C=O) groups is 2. The fraction of sp³-hybridized carbons (Fsp3) is 0.417. The third-order valence-electron chi connectivity index (χ3n) is 5.82. The minimum Gasteiger partial charge on any atom is -0.348 e. The summed E-state index contributed by atoms with van der Waals surface area (Å²) in [5.74, 6) is -2.13. The molecule has 1 atom stereocenters. The second-order valence-corrected chi connectivity index (χ2v) is 10.3. The number of piperidine rings is 1. The molecule has 1 unspecified atom stereocenters. The van der Waals surface area contributed by atoms with E-state index in [-0.39, 0.29) is 12.6 Å². The van der Waals surface area contributed by atoms with E-state index >= 15 is 0 Å². The average Bonchev–Trinajstić information content (AvgIpc) is 2.74. The number of nitrogens with one attached hydrogen (secondary N) is 2. The molecule has 2 amide bonds. The number of halogens is 1. The van der Waals surface area contributed by atoms with Crippen molar-refractivity contribution in [1.82, 2.24) is 9.62 Å². The number of nitrogens with zero attached hydrogens (tertiary/aromatic N) is 1. The topological polar surface area (TPSA) is 95.6 Å². The summed E-state index contributed by atoms with van der Waals surface area (Å²) in [5, 5.41) is 4.96. The normalized spacial score (nSPS) is 16.9. The Labute approximate surface area is 194 Å². The molecule has 1 aliphatic heterocycles. The highest BCUT2D eigenvalue weighted by Crippen LogP contribution is 2.31. The molecule has 178 valence electrons. The quantitative estimate of drug-likeness (QED) is 0.626. The van der Waals surface area contributed by atoms with Gasteiger partial charge >= 0.3 is 11.8 Å². The smallest absolute Gasteiger partial charge is 0.313 e. The number of amides is 2. The first-order valence-electron chi connectivity index (χ1n) is 11.0. The zero-order valence-corrected chi connectivity index (χ0v) is 20.0. The lowest BCUT2D eigenvalue weighted by atomic mass is 10.0. The van der Waals surface area contributed by atoms with Crippen LogP contribution in [0.3, 0.4) is 0 Å². The Kier molecular flexibility index (Phi) is 7.86. The minimum atomic E-state index is -3.69. The van der Waals surface area contributed by atoms with Crippen molar-refractivity contribution >= 4 is 27.5 Å². The molecular formula is C24H30FN3O4S. The molecule has 0 radical (unpaired) electrons. The monoisotopic (exact) mass is 475 g/mol. The van der Waals surface area contributed by atoms with Crippen LogP contribution in [0.2, 0.25) is 0 Å². The third kappa shape index (κ3) is 5.97. The number of rotatable bonds is 6. The number of carbonyl (C=O) groups excluding carboxylic acids is 2. The summed E-state index contributed by atoms with van der Waals surface area (Å²) < 4.78 is 41.6. The Morgan fingerprint density at radius 3 is 2.30 bits per heavy atom. The van der Waals surface area contributed by atoms with Gasteiger partial charge in [0.15, 0.2) is 0 Å². The molecule has 0 aliphatic carbocycles. The van der Waals surface area contributed by atoms with E-state index in [0.29, 0.717) is 30.0 Å². The molecule has 2 aromatic carbocycles. The van der Waals surface area contributed by atoms with Gasteiger partial charge in [-0.2, -0.15) is 4.31 Å². The van der Waals surface area contributed by atoms with Crippen molar-refractivity contribution in [3.63, 3.8) is 0 Å². The Morgan fingerprint density at radius 1 is 1.03 bits per heavy atom. The maximum atomic E-state index is 13.5. The number of anilines is 1. The number of benzene rings is 2. The fourth-order valence-corrected chi connectivity index (χ4v) is 6.56. The third-order valence-corrected chi connectivity index (χ3v) is 8.07. The zero-order chi connectivity index (χ0) is 24.2. The van der Waals surface area contributed by atoms with Crippen LogP contribution in [-0.2, 0) is 19.6 Å². The van der Waals surface area contributed by atoms with Crippen molar-refractivity contribution in [2.75, 3.05) is 18.4 Å². The summed E-state index contributed by atoms with van der Waals surface area (Å²) in [6, 6.07) is 8.58. The first-order chi connectivity index (χ1) is 15.6. The predicted molar refractivity (Wildman–Crippen MR) is 125 cm³/mol. The Balaban J connectivity index is 1.63. The van der Waals surface area contributed by atoms with Crippen LogP contribution in [0.25, 0.3) is 0 Å². The van der Waals surface area contributed by atoms with E-state index in [2.05, 4.69) is 10.6 Å². The molecule has 33 heavy (non-hydrogen) atoms. The van der Waals surface area contributed by atoms with E-state index in [9.17, 15) is 22.4 Å². The maximum absolute atomic E-state index is 13.5. The van der Waals surface area contributed by atoms with Crippen molar-refractivity contribution in [3.05, 3.63) is 58.9 Å². The van der Waals surface area contributed by atoms with E-state index in [1.807, 2.05) is 32.9 Å². The highest BCUT2D eigenvalue weighted by molar-refractivity contribution is 7.89. The van der Waals surface area contributed by atoms with Crippen LogP contribution in [-0.4, -0.2) is 43.7 Å². The van der Waals surface area contributed by atoms with Crippen molar-refractivity contribution in [2.45, 2.75) is 57.4 Å². The molecule has 2 N–H and O–H groups in total. The molecule has 1 saturated heterocycles. The van der Waals surface area contributed by atoms with Gasteiger partial charge in [-0.25, -0.2) is 12.8 Å². The van der Waals surface area contributed by atoms with Gasteiger partial charge in [0.05, 0.1) is 4.90 Å². The Bertz CT molecular complexity index is 1110. The number of hydrogen-bond acceptors (Lipinski definition) is 4. The molecule has 9 heteroatoms. The van der Waals surface area contributed by atoms with Gasteiger partial charge in [-0.1, -0.05) is 24.1 Å². The molecule has 1 aliphatic rings. The van der Waals surface area contributed by atoms with E-state index in [4.69, 9.17) is 0 Å². The summed E-state index contributed by atoms with van der Waals surface area (Å²) in [5.41, 5.74) is 2.77. The van der Waals surface area contributed by atoms with E-state index in [1.54, 1.807) is 4.31 Å². The molecule has 0 bridgehead atoms. The number of sulfonamides is 1. The summed E-state index contributed by atoms with van der Waals surface area (Å²) in [7, 11) is -3.69. The summed E-state index contributed by atoms with van der Waals surface area (Å²) in [6.07, 6.45) is 2.78. The largest absolute Gasteiger partial charge is 0.348 e. The Morgan fingerprint density at radius 2 is 1.67 bits per heavy atom. The highest BCUT2D eigenvalue weighted by atomic mass is 32.2. The molecule has 2 aromatic rings. The molecule has 0 saturated carbocycles. The first kappa shape index (κ1) is 24.9. The van der Waals surface area contributed by atoms with E-state index in [0.717, 1.165) is 29.5 Å². The second-order valence-electron chi connectivity index (χ2n) is 8.50. The van der Waals surface area contributed by atoms with Gasteiger partial charge in [0.2, 0.25) is 10.0 Å². The van der Waals surface area contributed by atoms with Crippen LogP contribution in [0, 0.1) is 26.6 Å². The molecule has 1 fully saturated rings. The zero-order valence-electron chi connectivity index (χ0n) is 19.2. The van der Waals surface area contributed by atoms with Crippen molar-refractivity contribution < 1.29 is 22.4 Å². The van der Waals surface area contributed by atoms with Gasteiger partial charge in [-0.3, -0.25) is 9.59 Å². The summed E-state index contributed by atoms with van der Waals surface area (Å²) >= 11 is 0. The minimum absolute atomic E-state index is 0.165. The van der Waals surface area contributed by atoms with Crippen molar-refractivity contribution in [3.8, 4) is 0 Å². The molecular weight excluding hydrogens is 445 g/mol. The van der Waals surface area contributed by atoms with Crippen LogP contribution in [0.5, 0.6) is 0 Å². The molecule has 0 spiro atoms. The second kappa shape index (κ2) is 10.4. The Hall–Kier alpha value is -2.78. The summed E-state index contributed by atoms with van der Waals surface area (Å²) in [6.45, 7) is 6.16. The highest BCUT2D eigenvalue weighted by Gasteiger charge is 2.35. The SMILES string of the molecule is Cc1cc(C)c(S(=O)(=O)N2CCCCC2CCNC(=O)C(=O)Nc2ccc(F)cc2)c(C)c1. The fourth-order valence-electron chi connectivity index (χ4n) is 4.42. The number of aryl methyl sites for hydroxylation is 3. The van der Waals surface area contributed by atoms with E-state index < -0.39 is 27.7 Å².